The minimum atomic E-state index is 0.726. The Morgan fingerprint density at radius 2 is 1.65 bits per heavy atom. The second kappa shape index (κ2) is 5.86. The topological polar surface area (TPSA) is 30.7 Å². The van der Waals surface area contributed by atoms with Crippen molar-refractivity contribution in [2.24, 2.45) is 0 Å². The molecule has 2 aromatic carbocycles. The first kappa shape index (κ1) is 14.0. The maximum atomic E-state index is 5.99. The van der Waals surface area contributed by atoms with Gasteiger partial charge in [-0.2, -0.15) is 0 Å². The number of imidazole rings is 1. The van der Waals surface area contributed by atoms with Gasteiger partial charge in [-0.3, -0.25) is 4.98 Å². The molecule has 112 valence electrons. The van der Waals surface area contributed by atoms with Gasteiger partial charge in [0, 0.05) is 17.8 Å². The summed E-state index contributed by atoms with van der Waals surface area (Å²) in [6, 6.07) is 21.9. The molecular formula is C19H14ClN3. The van der Waals surface area contributed by atoms with E-state index in [0.717, 1.165) is 34.1 Å². The van der Waals surface area contributed by atoms with Crippen LogP contribution in [-0.2, 0) is 6.54 Å². The smallest absolute Gasteiger partial charge is 0.160 e. The third-order valence-corrected chi connectivity index (χ3v) is 4.05. The Morgan fingerprint density at radius 1 is 0.870 bits per heavy atom. The molecule has 2 aromatic heterocycles. The predicted molar refractivity (Wildman–Crippen MR) is 93.5 cm³/mol. The van der Waals surface area contributed by atoms with Crippen molar-refractivity contribution in [2.75, 3.05) is 0 Å². The van der Waals surface area contributed by atoms with Crippen LogP contribution in [0.15, 0.2) is 72.9 Å². The van der Waals surface area contributed by atoms with Crippen LogP contribution in [0.4, 0.5) is 0 Å². The Hall–Kier alpha value is -2.65. The molecule has 0 fully saturated rings. The van der Waals surface area contributed by atoms with Crippen LogP contribution in [0.5, 0.6) is 0 Å². The first-order valence-corrected chi connectivity index (χ1v) is 7.80. The van der Waals surface area contributed by atoms with E-state index in [1.54, 1.807) is 6.20 Å². The van der Waals surface area contributed by atoms with Crippen LogP contribution >= 0.6 is 11.6 Å². The van der Waals surface area contributed by atoms with Crippen molar-refractivity contribution in [3.63, 3.8) is 0 Å². The highest BCUT2D eigenvalue weighted by Gasteiger charge is 2.13. The number of aromatic nitrogens is 3. The normalized spacial score (nSPS) is 11.0. The molecule has 0 unspecified atom stereocenters. The Morgan fingerprint density at radius 3 is 2.43 bits per heavy atom. The lowest BCUT2D eigenvalue weighted by Gasteiger charge is -2.09. The molecule has 0 saturated carbocycles. The van der Waals surface area contributed by atoms with Crippen molar-refractivity contribution in [3.05, 3.63) is 83.5 Å². The number of halogens is 1. The van der Waals surface area contributed by atoms with Gasteiger partial charge in [-0.1, -0.05) is 41.9 Å². The summed E-state index contributed by atoms with van der Waals surface area (Å²) in [5.41, 5.74) is 4.12. The van der Waals surface area contributed by atoms with Crippen molar-refractivity contribution in [1.29, 1.82) is 0 Å². The fraction of sp³-hybridized carbons (Fsp3) is 0.0526. The summed E-state index contributed by atoms with van der Waals surface area (Å²) in [6.07, 6.45) is 1.79. The zero-order chi connectivity index (χ0) is 15.6. The van der Waals surface area contributed by atoms with Crippen molar-refractivity contribution < 1.29 is 0 Å². The van der Waals surface area contributed by atoms with E-state index in [4.69, 9.17) is 16.6 Å². The summed E-state index contributed by atoms with van der Waals surface area (Å²) < 4.78 is 2.20. The van der Waals surface area contributed by atoms with Gasteiger partial charge < -0.3 is 4.57 Å². The van der Waals surface area contributed by atoms with E-state index in [1.165, 1.54) is 5.56 Å². The number of pyridine rings is 1. The Balaban J connectivity index is 1.87. The third-order valence-electron chi connectivity index (χ3n) is 3.80. The van der Waals surface area contributed by atoms with E-state index in [1.807, 2.05) is 60.7 Å². The van der Waals surface area contributed by atoms with Gasteiger partial charge in [0.2, 0.25) is 0 Å². The van der Waals surface area contributed by atoms with Crippen molar-refractivity contribution in [2.45, 2.75) is 6.54 Å². The molecule has 0 aliphatic rings. The summed E-state index contributed by atoms with van der Waals surface area (Å²) in [6.45, 7) is 0.726. The third kappa shape index (κ3) is 2.71. The molecule has 4 aromatic rings. The summed E-state index contributed by atoms with van der Waals surface area (Å²) in [7, 11) is 0. The van der Waals surface area contributed by atoms with Gasteiger partial charge in [0.1, 0.15) is 5.69 Å². The molecule has 2 heterocycles. The van der Waals surface area contributed by atoms with E-state index in [0.29, 0.717) is 0 Å². The minimum Gasteiger partial charge on any atom is -0.318 e. The van der Waals surface area contributed by atoms with E-state index >= 15 is 0 Å². The number of para-hydroxylation sites is 2. The van der Waals surface area contributed by atoms with Crippen LogP contribution in [0.25, 0.3) is 22.6 Å². The average Bonchev–Trinajstić information content (AvgIpc) is 2.96. The number of benzene rings is 2. The molecule has 0 aliphatic carbocycles. The number of fused-ring (bicyclic) bond motifs is 1. The van der Waals surface area contributed by atoms with E-state index in [9.17, 15) is 0 Å². The van der Waals surface area contributed by atoms with E-state index < -0.39 is 0 Å². The molecule has 0 saturated heterocycles. The highest BCUT2D eigenvalue weighted by Crippen LogP contribution is 2.24. The van der Waals surface area contributed by atoms with Gasteiger partial charge >= 0.3 is 0 Å². The molecule has 4 rings (SSSR count). The molecule has 0 N–H and O–H groups in total. The summed E-state index contributed by atoms with van der Waals surface area (Å²) in [5, 5.41) is 0.745. The quantitative estimate of drug-likeness (QED) is 0.543. The predicted octanol–water partition coefficient (Wildman–Crippen LogP) is 4.80. The van der Waals surface area contributed by atoms with Gasteiger partial charge in [-0.15, -0.1) is 0 Å². The Labute approximate surface area is 139 Å². The lowest BCUT2D eigenvalue weighted by Crippen LogP contribution is -2.03. The summed E-state index contributed by atoms with van der Waals surface area (Å²) in [5.74, 6) is 0.877. The van der Waals surface area contributed by atoms with E-state index in [2.05, 4.69) is 15.6 Å². The molecule has 0 aliphatic heterocycles. The maximum absolute atomic E-state index is 5.99. The SMILES string of the molecule is Clc1ccc(Cn2c(-c3ccccn3)nc3ccccc32)cc1. The Kier molecular flexibility index (Phi) is 3.56. The van der Waals surface area contributed by atoms with Crippen LogP contribution < -0.4 is 0 Å². The molecule has 0 bridgehead atoms. The number of rotatable bonds is 3. The monoisotopic (exact) mass is 319 g/mol. The molecule has 3 nitrogen and oxygen atoms in total. The molecule has 4 heteroatoms. The number of nitrogens with zero attached hydrogens (tertiary/aromatic N) is 3. The van der Waals surface area contributed by atoms with Gasteiger partial charge in [-0.05, 0) is 42.0 Å². The molecule has 0 radical (unpaired) electrons. The first-order chi connectivity index (χ1) is 11.3. The van der Waals surface area contributed by atoms with Crippen LogP contribution in [-0.4, -0.2) is 14.5 Å². The highest BCUT2D eigenvalue weighted by molar-refractivity contribution is 6.30. The van der Waals surface area contributed by atoms with Crippen LogP contribution in [0, 0.1) is 0 Å². The zero-order valence-electron chi connectivity index (χ0n) is 12.4. The van der Waals surface area contributed by atoms with Crippen molar-refractivity contribution >= 4 is 22.6 Å². The molecule has 0 spiro atoms. The van der Waals surface area contributed by atoms with Gasteiger partial charge in [0.25, 0.3) is 0 Å². The van der Waals surface area contributed by atoms with Crippen LogP contribution in [0.3, 0.4) is 0 Å². The fourth-order valence-electron chi connectivity index (χ4n) is 2.70. The van der Waals surface area contributed by atoms with Crippen molar-refractivity contribution in [1.82, 2.24) is 14.5 Å². The first-order valence-electron chi connectivity index (χ1n) is 7.42. The molecule has 23 heavy (non-hydrogen) atoms. The number of hydrogen-bond acceptors (Lipinski definition) is 2. The lowest BCUT2D eigenvalue weighted by atomic mass is 10.2. The Bertz CT molecular complexity index is 943. The van der Waals surface area contributed by atoms with Crippen LogP contribution in [0.2, 0.25) is 5.02 Å². The second-order valence-electron chi connectivity index (χ2n) is 5.35. The molecule has 0 amide bonds. The largest absolute Gasteiger partial charge is 0.318 e. The van der Waals surface area contributed by atoms with Gasteiger partial charge in [-0.25, -0.2) is 4.98 Å². The summed E-state index contributed by atoms with van der Waals surface area (Å²) >= 11 is 5.99. The molecule has 0 atom stereocenters. The average molecular weight is 320 g/mol. The maximum Gasteiger partial charge on any atom is 0.160 e. The van der Waals surface area contributed by atoms with Crippen molar-refractivity contribution in [3.8, 4) is 11.5 Å². The van der Waals surface area contributed by atoms with E-state index in [-0.39, 0.29) is 0 Å². The van der Waals surface area contributed by atoms with Gasteiger partial charge in [0.15, 0.2) is 5.82 Å². The standard InChI is InChI=1S/C19H14ClN3/c20-15-10-8-14(9-11-15)13-23-18-7-2-1-5-16(18)22-19(23)17-6-3-4-12-21-17/h1-12H,13H2. The number of hydrogen-bond donors (Lipinski definition) is 0. The van der Waals surface area contributed by atoms with Gasteiger partial charge in [0.05, 0.1) is 11.0 Å². The fourth-order valence-corrected chi connectivity index (χ4v) is 2.82. The lowest BCUT2D eigenvalue weighted by molar-refractivity contribution is 0.830. The van der Waals surface area contributed by atoms with Crippen LogP contribution in [0.1, 0.15) is 5.56 Å². The second-order valence-corrected chi connectivity index (χ2v) is 5.79. The zero-order valence-corrected chi connectivity index (χ0v) is 13.1. The highest BCUT2D eigenvalue weighted by atomic mass is 35.5. The summed E-state index contributed by atoms with van der Waals surface area (Å²) in [4.78, 5) is 9.23. The minimum absolute atomic E-state index is 0.726. The molecular weight excluding hydrogens is 306 g/mol.